The van der Waals surface area contributed by atoms with E-state index in [4.69, 9.17) is 35.5 Å². The van der Waals surface area contributed by atoms with Gasteiger partial charge < -0.3 is 26.1 Å². The molecule has 11 nitrogen and oxygen atoms in total. The summed E-state index contributed by atoms with van der Waals surface area (Å²) in [5.41, 5.74) is 10.1. The largest absolute Gasteiger partial charge is 0.495 e. The molecular weight excluding hydrogens is 564 g/mol. The van der Waals surface area contributed by atoms with E-state index in [1.807, 2.05) is 0 Å². The Balaban J connectivity index is -0.000000762. The van der Waals surface area contributed by atoms with Crippen molar-refractivity contribution in [3.05, 3.63) is 53.9 Å². The fourth-order valence-electron chi connectivity index (χ4n) is 2.36. The van der Waals surface area contributed by atoms with Gasteiger partial charge in [0.1, 0.15) is 11.4 Å². The lowest BCUT2D eigenvalue weighted by molar-refractivity contribution is 0.266. The summed E-state index contributed by atoms with van der Waals surface area (Å²) in [6.07, 6.45) is 5.84. The Kier molecular flexibility index (Phi) is 19.7. The Morgan fingerprint density at radius 3 is 2.05 bits per heavy atom. The van der Waals surface area contributed by atoms with Crippen LogP contribution in [0.25, 0.3) is 22.6 Å². The minimum atomic E-state index is -3.91. The maximum Gasteiger partial charge on any atom is 0.273 e. The van der Waals surface area contributed by atoms with Gasteiger partial charge in [-0.1, -0.05) is 56.4 Å². The van der Waals surface area contributed by atoms with E-state index in [1.54, 1.807) is 43.3 Å². The predicted octanol–water partition coefficient (Wildman–Crippen LogP) is 3.76. The van der Waals surface area contributed by atoms with Crippen LogP contribution in [0, 0.1) is 12.3 Å². The van der Waals surface area contributed by atoms with Gasteiger partial charge in [-0.3, -0.25) is 9.59 Å². The Labute approximate surface area is 231 Å². The van der Waals surface area contributed by atoms with Gasteiger partial charge in [0.25, 0.3) is 10.5 Å². The fraction of sp³-hybridized carbons (Fsp3) is 0.136. The van der Waals surface area contributed by atoms with Crippen LogP contribution >= 0.6 is 36.9 Å². The molecular formula is C22H29ClN4O7S3. The quantitative estimate of drug-likeness (QED) is 0.223. The van der Waals surface area contributed by atoms with E-state index < -0.39 is 20.5 Å². The number of methoxy groups -OCH3 is 1. The van der Waals surface area contributed by atoms with Gasteiger partial charge in [0.2, 0.25) is 10.0 Å². The van der Waals surface area contributed by atoms with E-state index >= 15 is 0 Å². The maximum atomic E-state index is 11.8. The molecule has 2 aromatic carbocycles. The third kappa shape index (κ3) is 14.2. The molecule has 0 spiro atoms. The van der Waals surface area contributed by atoms with Gasteiger partial charge in [0, 0.05) is 11.1 Å². The lowest BCUT2D eigenvalue weighted by atomic mass is 10.1. The first-order valence-corrected chi connectivity index (χ1v) is 11.9. The maximum absolute atomic E-state index is 11.8. The van der Waals surface area contributed by atoms with E-state index in [1.165, 1.54) is 19.6 Å². The van der Waals surface area contributed by atoms with Crippen LogP contribution < -0.4 is 21.3 Å². The number of hydrogen-bond acceptors (Lipinski definition) is 7. The highest BCUT2D eigenvalue weighted by Crippen LogP contribution is 2.37. The average molecular weight is 593 g/mol. The van der Waals surface area contributed by atoms with Crippen molar-refractivity contribution in [3.63, 3.8) is 0 Å². The number of hydrogen-bond donors (Lipinski definition) is 5. The van der Waals surface area contributed by atoms with Crippen molar-refractivity contribution in [1.29, 1.82) is 0 Å². The molecule has 0 saturated heterocycles. The SMILES string of the molecule is C.C#CC.COc1ccc(-c2ncoc2-c2ccccc2S(N)(=O)=O)cc1Cl.NC(=O)S.NC(=O)S.O. The van der Waals surface area contributed by atoms with Crippen molar-refractivity contribution >= 4 is 57.4 Å². The second-order valence-corrected chi connectivity index (χ2v) is 8.70. The van der Waals surface area contributed by atoms with E-state index in [-0.39, 0.29) is 17.8 Å². The molecule has 0 saturated carbocycles. The monoisotopic (exact) mass is 592 g/mol. The first-order chi connectivity index (χ1) is 16.3. The molecule has 0 bridgehead atoms. The van der Waals surface area contributed by atoms with Crippen molar-refractivity contribution in [2.75, 3.05) is 7.11 Å². The first kappa shape index (κ1) is 38.3. The molecule has 1 heterocycles. The Morgan fingerprint density at radius 2 is 1.62 bits per heavy atom. The van der Waals surface area contributed by atoms with Gasteiger partial charge in [-0.25, -0.2) is 18.5 Å². The number of terminal acetylenes is 1. The zero-order valence-electron chi connectivity index (χ0n) is 19.0. The first-order valence-electron chi connectivity index (χ1n) is 9.03. The Bertz CT molecular complexity index is 1270. The lowest BCUT2D eigenvalue weighted by Crippen LogP contribution is -2.13. The predicted molar refractivity (Wildman–Crippen MR) is 152 cm³/mol. The van der Waals surface area contributed by atoms with Crippen LogP contribution in [0.4, 0.5) is 9.59 Å². The summed E-state index contributed by atoms with van der Waals surface area (Å²) in [4.78, 5) is 22.3. The Morgan fingerprint density at radius 1 is 1.14 bits per heavy atom. The molecule has 15 heteroatoms. The molecule has 0 fully saturated rings. The third-order valence-electron chi connectivity index (χ3n) is 3.43. The molecule has 0 unspecified atom stereocenters. The number of halogens is 1. The van der Waals surface area contributed by atoms with Crippen LogP contribution in [0.1, 0.15) is 14.4 Å². The average Bonchev–Trinajstić information content (AvgIpc) is 3.23. The topological polar surface area (TPSA) is 213 Å². The summed E-state index contributed by atoms with van der Waals surface area (Å²) in [5.74, 6) is 3.07. The number of nitrogens with zero attached hydrogens (tertiary/aromatic N) is 1. The second kappa shape index (κ2) is 19.0. The van der Waals surface area contributed by atoms with Crippen molar-refractivity contribution in [3.8, 4) is 40.7 Å². The number of nitrogens with two attached hydrogens (primary N) is 3. The van der Waals surface area contributed by atoms with Gasteiger partial charge in [0.15, 0.2) is 12.2 Å². The van der Waals surface area contributed by atoms with Crippen LogP contribution in [-0.2, 0) is 10.0 Å². The minimum absolute atomic E-state index is 0. The van der Waals surface area contributed by atoms with Crippen molar-refractivity contribution in [2.45, 2.75) is 19.2 Å². The number of amides is 2. The van der Waals surface area contributed by atoms with Gasteiger partial charge in [-0.15, -0.1) is 12.3 Å². The van der Waals surface area contributed by atoms with Gasteiger partial charge in [-0.05, 0) is 37.3 Å². The number of oxazole rings is 1. The van der Waals surface area contributed by atoms with Gasteiger partial charge >= 0.3 is 0 Å². The second-order valence-electron chi connectivity index (χ2n) is 5.89. The highest BCUT2D eigenvalue weighted by Gasteiger charge is 2.21. The standard InChI is InChI=1S/C16H13ClN2O4S.C3H4.2CH3NOS.CH4.H2O/c1-22-13-7-6-10(8-12(13)17)15-16(23-9-19-15)11-4-2-3-5-14(11)24(18,20)21;1-3-2;2*2-1(3)4;;/h2-9H,1H3,(H2,18,20,21);1H,2H3;2*(H3,2,3,4);1H4;1H2. The number of thiol groups is 2. The highest BCUT2D eigenvalue weighted by molar-refractivity contribution is 7.96. The summed E-state index contributed by atoms with van der Waals surface area (Å²) in [6.45, 7) is 1.65. The molecule has 0 aliphatic carbocycles. The van der Waals surface area contributed by atoms with E-state index in [0.717, 1.165) is 0 Å². The number of rotatable bonds is 4. The number of sulfonamides is 1. The number of primary amides is 2. The third-order valence-corrected chi connectivity index (χ3v) is 4.70. The van der Waals surface area contributed by atoms with Gasteiger partial charge in [0.05, 0.1) is 17.0 Å². The van der Waals surface area contributed by atoms with Crippen LogP contribution in [0.2, 0.25) is 5.02 Å². The normalized spacial score (nSPS) is 9.00. The molecule has 204 valence electrons. The smallest absolute Gasteiger partial charge is 0.273 e. The summed E-state index contributed by atoms with van der Waals surface area (Å²) in [6, 6.07) is 11.4. The van der Waals surface area contributed by atoms with Crippen molar-refractivity contribution in [2.24, 2.45) is 16.6 Å². The zero-order valence-corrected chi connectivity index (χ0v) is 22.4. The molecule has 3 aromatic rings. The summed E-state index contributed by atoms with van der Waals surface area (Å²) < 4.78 is 34.2. The molecule has 37 heavy (non-hydrogen) atoms. The molecule has 0 aliphatic rings. The van der Waals surface area contributed by atoms with Crippen molar-refractivity contribution < 1.29 is 32.6 Å². The van der Waals surface area contributed by atoms with Crippen LogP contribution in [0.3, 0.4) is 0 Å². The van der Waals surface area contributed by atoms with Crippen molar-refractivity contribution in [1.82, 2.24) is 4.98 Å². The minimum Gasteiger partial charge on any atom is -0.495 e. The summed E-state index contributed by atoms with van der Waals surface area (Å²) in [5, 5.41) is 4.42. The molecule has 2 amide bonds. The van der Waals surface area contributed by atoms with Crippen LogP contribution in [0.5, 0.6) is 5.75 Å². The van der Waals surface area contributed by atoms with E-state index in [2.05, 4.69) is 54.1 Å². The molecule has 0 aliphatic heterocycles. The number of ether oxygens (including phenoxy) is 1. The number of primary sulfonamides is 1. The van der Waals surface area contributed by atoms with Crippen LogP contribution in [-0.4, -0.2) is 36.5 Å². The van der Waals surface area contributed by atoms with E-state index in [0.29, 0.717) is 33.4 Å². The summed E-state index contributed by atoms with van der Waals surface area (Å²) in [7, 11) is -2.39. The number of carbonyl (C=O) groups excluding carboxylic acids is 2. The highest BCUT2D eigenvalue weighted by atomic mass is 35.5. The van der Waals surface area contributed by atoms with E-state index in [9.17, 15) is 8.42 Å². The van der Waals surface area contributed by atoms with Gasteiger partial charge in [-0.2, -0.15) is 0 Å². The van der Waals surface area contributed by atoms with Crippen LogP contribution in [0.15, 0.2) is 58.2 Å². The molecule has 3 rings (SSSR count). The fourth-order valence-corrected chi connectivity index (χ4v) is 3.35. The lowest BCUT2D eigenvalue weighted by Gasteiger charge is -2.08. The number of aromatic nitrogens is 1. The molecule has 0 radical (unpaired) electrons. The molecule has 1 aromatic heterocycles. The summed E-state index contributed by atoms with van der Waals surface area (Å²) >= 11 is 12.4. The Hall–Kier alpha value is -3.19. The molecule has 8 N–H and O–H groups in total. The number of carbonyl (C=O) groups is 2. The zero-order chi connectivity index (χ0) is 27.2. The molecule has 0 atom stereocenters. The number of benzene rings is 2.